The molecule has 2 nitrogen and oxygen atoms in total. The predicted molar refractivity (Wildman–Crippen MR) is 44.4 cm³/mol. The minimum Gasteiger partial charge on any atom is -0.412 e. The zero-order valence-corrected chi connectivity index (χ0v) is 6.81. The lowest BCUT2D eigenvalue weighted by atomic mass is 10.5. The Hall–Kier alpha value is -0.310. The molecule has 0 saturated carbocycles. The van der Waals surface area contributed by atoms with Gasteiger partial charge in [0.25, 0.3) is 0 Å². The molecule has 0 aliphatic rings. The van der Waals surface area contributed by atoms with Crippen molar-refractivity contribution in [2.75, 3.05) is 5.34 Å². The Balaban J connectivity index is 0. The maximum Gasteiger partial charge on any atom is 0.0967 e. The summed E-state index contributed by atoms with van der Waals surface area (Å²) in [5, 5.41) is 0.194. The highest BCUT2D eigenvalue weighted by molar-refractivity contribution is 6.40. The van der Waals surface area contributed by atoms with Gasteiger partial charge in [-0.25, -0.2) is 0 Å². The van der Waals surface area contributed by atoms with E-state index in [2.05, 4.69) is 4.98 Å². The van der Waals surface area contributed by atoms with Crippen molar-refractivity contribution in [1.29, 1.82) is 0 Å². The van der Waals surface area contributed by atoms with E-state index in [0.29, 0.717) is 0 Å². The Kier molecular flexibility index (Phi) is 14.2. The Morgan fingerprint density at radius 3 is 1.50 bits per heavy atom. The Bertz CT molecular complexity index is 98.6. The molecule has 0 fully saturated rings. The average molecular weight is 182 g/mol. The van der Waals surface area contributed by atoms with Crippen LogP contribution in [0.5, 0.6) is 0 Å². The number of alkyl halides is 2. The fraction of sp³-hybridized carbons (Fsp3) is 0.167. The topological polar surface area (TPSA) is 44.4 Å². The highest BCUT2D eigenvalue weighted by Gasteiger charge is 1.58. The summed E-state index contributed by atoms with van der Waals surface area (Å²) in [7, 11) is 0. The van der Waals surface area contributed by atoms with E-state index >= 15 is 0 Å². The van der Waals surface area contributed by atoms with E-state index in [4.69, 9.17) is 23.2 Å². The molecule has 1 aromatic rings. The molecule has 0 unspecified atom stereocenters. The van der Waals surface area contributed by atoms with E-state index in [-0.39, 0.29) is 10.8 Å². The third kappa shape index (κ3) is 10.6. The first kappa shape index (κ1) is 12.4. The number of hydrogen-bond acceptors (Lipinski definition) is 1. The fourth-order valence-corrected chi connectivity index (χ4v) is 0.313. The molecule has 10 heavy (non-hydrogen) atoms. The molecule has 58 valence electrons. The highest BCUT2D eigenvalue weighted by atomic mass is 35.5. The first-order valence-electron chi connectivity index (χ1n) is 2.38. The summed E-state index contributed by atoms with van der Waals surface area (Å²) in [4.78, 5) is 3.78. The molecule has 0 aromatic carbocycles. The smallest absolute Gasteiger partial charge is 0.0967 e. The van der Waals surface area contributed by atoms with Crippen LogP contribution in [0.1, 0.15) is 0 Å². The second-order valence-electron chi connectivity index (χ2n) is 1.13. The monoisotopic (exact) mass is 181 g/mol. The summed E-state index contributed by atoms with van der Waals surface area (Å²) >= 11 is 9.53. The van der Waals surface area contributed by atoms with Crippen LogP contribution < -0.4 is 0 Å². The van der Waals surface area contributed by atoms with Gasteiger partial charge in [0.2, 0.25) is 0 Å². The van der Waals surface area contributed by atoms with Crippen molar-refractivity contribution in [2.24, 2.45) is 0 Å². The number of rotatable bonds is 0. The standard InChI is InChI=1S/C5H5N.CH2Cl2.H2O/c1-2-4-6-5-3-1;2-1-3;/h1-5H;1H2;1H2. The van der Waals surface area contributed by atoms with Crippen molar-refractivity contribution in [3.8, 4) is 0 Å². The van der Waals surface area contributed by atoms with E-state index < -0.39 is 0 Å². The van der Waals surface area contributed by atoms with Gasteiger partial charge in [0.05, 0.1) is 5.34 Å². The number of pyridine rings is 1. The largest absolute Gasteiger partial charge is 0.412 e. The van der Waals surface area contributed by atoms with Gasteiger partial charge in [-0.3, -0.25) is 4.98 Å². The van der Waals surface area contributed by atoms with Gasteiger partial charge >= 0.3 is 0 Å². The lowest BCUT2D eigenvalue weighted by Crippen LogP contribution is -1.58. The van der Waals surface area contributed by atoms with E-state index in [1.54, 1.807) is 12.4 Å². The third-order valence-electron chi connectivity index (χ3n) is 0.566. The van der Waals surface area contributed by atoms with Crippen LogP contribution >= 0.6 is 23.2 Å². The summed E-state index contributed by atoms with van der Waals surface area (Å²) in [6.45, 7) is 0. The maximum absolute atomic E-state index is 4.76. The molecule has 1 rings (SSSR count). The molecular weight excluding hydrogens is 173 g/mol. The molecule has 0 bridgehead atoms. The summed E-state index contributed by atoms with van der Waals surface area (Å²) in [5.41, 5.74) is 0. The van der Waals surface area contributed by atoms with Crippen LogP contribution in [-0.4, -0.2) is 15.8 Å². The molecule has 0 atom stereocenters. The number of nitrogens with zero attached hydrogens (tertiary/aromatic N) is 1. The first-order valence-corrected chi connectivity index (χ1v) is 3.45. The SMILES string of the molecule is ClCCl.O.c1ccncc1. The first-order chi connectivity index (χ1) is 4.41. The lowest BCUT2D eigenvalue weighted by Gasteiger charge is -1.70. The van der Waals surface area contributed by atoms with Gasteiger partial charge in [0.1, 0.15) is 0 Å². The fourth-order valence-electron chi connectivity index (χ4n) is 0.313. The zero-order chi connectivity index (χ0) is 6.95. The Morgan fingerprint density at radius 2 is 1.40 bits per heavy atom. The average Bonchev–Trinajstić information content (AvgIpc) is 1.93. The summed E-state index contributed by atoms with van der Waals surface area (Å²) < 4.78 is 0. The second-order valence-corrected chi connectivity index (χ2v) is 1.93. The van der Waals surface area contributed by atoms with Crippen LogP contribution in [0, 0.1) is 0 Å². The van der Waals surface area contributed by atoms with Crippen LogP contribution in [0.3, 0.4) is 0 Å². The minimum atomic E-state index is 0. The van der Waals surface area contributed by atoms with Crippen molar-refractivity contribution in [1.82, 2.24) is 4.98 Å². The predicted octanol–water partition coefficient (Wildman–Crippen LogP) is 1.68. The van der Waals surface area contributed by atoms with E-state index in [1.165, 1.54) is 0 Å². The lowest BCUT2D eigenvalue weighted by molar-refractivity contribution is 0.824. The molecule has 2 N–H and O–H groups in total. The molecule has 0 aliphatic heterocycles. The van der Waals surface area contributed by atoms with Crippen LogP contribution in [0.25, 0.3) is 0 Å². The van der Waals surface area contributed by atoms with Crippen LogP contribution in [0.2, 0.25) is 0 Å². The molecule has 0 amide bonds. The molecule has 0 spiro atoms. The van der Waals surface area contributed by atoms with Gasteiger partial charge in [0.15, 0.2) is 0 Å². The molecule has 1 heterocycles. The van der Waals surface area contributed by atoms with Crippen molar-refractivity contribution in [2.45, 2.75) is 0 Å². The van der Waals surface area contributed by atoms with E-state index in [0.717, 1.165) is 0 Å². The van der Waals surface area contributed by atoms with Gasteiger partial charge in [-0.15, -0.1) is 23.2 Å². The molecule has 1 aromatic heterocycles. The molecule has 4 heteroatoms. The minimum absolute atomic E-state index is 0. The van der Waals surface area contributed by atoms with Gasteiger partial charge < -0.3 is 5.48 Å². The van der Waals surface area contributed by atoms with Gasteiger partial charge in [-0.05, 0) is 12.1 Å². The van der Waals surface area contributed by atoms with E-state index in [9.17, 15) is 0 Å². The quantitative estimate of drug-likeness (QED) is 0.563. The third-order valence-corrected chi connectivity index (χ3v) is 0.566. The summed E-state index contributed by atoms with van der Waals surface area (Å²) in [6, 6.07) is 5.72. The molecular formula is C6H9Cl2NO. The molecule has 0 saturated heterocycles. The summed E-state index contributed by atoms with van der Waals surface area (Å²) in [5.74, 6) is 0. The molecule has 0 aliphatic carbocycles. The van der Waals surface area contributed by atoms with Crippen LogP contribution in [0.15, 0.2) is 30.6 Å². The normalized spacial score (nSPS) is 6.60. The number of halogens is 2. The Morgan fingerprint density at radius 1 is 1.00 bits per heavy atom. The Labute approximate surface area is 70.1 Å². The molecule has 0 radical (unpaired) electrons. The van der Waals surface area contributed by atoms with Crippen molar-refractivity contribution < 1.29 is 5.48 Å². The maximum atomic E-state index is 4.76. The van der Waals surface area contributed by atoms with E-state index in [1.807, 2.05) is 18.2 Å². The van der Waals surface area contributed by atoms with Gasteiger partial charge in [-0.1, -0.05) is 6.07 Å². The number of aromatic nitrogens is 1. The number of hydrogen-bond donors (Lipinski definition) is 0. The van der Waals surface area contributed by atoms with Gasteiger partial charge in [0, 0.05) is 12.4 Å². The van der Waals surface area contributed by atoms with Gasteiger partial charge in [-0.2, -0.15) is 0 Å². The van der Waals surface area contributed by atoms with Crippen molar-refractivity contribution >= 4 is 23.2 Å². The van der Waals surface area contributed by atoms with Crippen LogP contribution in [0.4, 0.5) is 0 Å². The van der Waals surface area contributed by atoms with Crippen LogP contribution in [-0.2, 0) is 0 Å². The van der Waals surface area contributed by atoms with Crippen molar-refractivity contribution in [3.63, 3.8) is 0 Å². The second kappa shape index (κ2) is 11.5. The zero-order valence-electron chi connectivity index (χ0n) is 5.30. The van der Waals surface area contributed by atoms with Crippen molar-refractivity contribution in [3.05, 3.63) is 30.6 Å². The highest BCUT2D eigenvalue weighted by Crippen LogP contribution is 1.73. The summed E-state index contributed by atoms with van der Waals surface area (Å²) in [6.07, 6.45) is 3.50.